The average Bonchev–Trinajstić information content (AvgIpc) is 3.22. The van der Waals surface area contributed by atoms with Gasteiger partial charge in [0.15, 0.2) is 0 Å². The summed E-state index contributed by atoms with van der Waals surface area (Å²) >= 11 is 7.58. The fourth-order valence-corrected chi connectivity index (χ4v) is 3.68. The first-order chi connectivity index (χ1) is 13.2. The van der Waals surface area contributed by atoms with E-state index >= 15 is 0 Å². The van der Waals surface area contributed by atoms with Gasteiger partial charge < -0.3 is 5.32 Å². The van der Waals surface area contributed by atoms with Gasteiger partial charge in [0.25, 0.3) is 5.91 Å². The third-order valence-electron chi connectivity index (χ3n) is 4.08. The molecule has 0 aliphatic rings. The standard InChI is InChI=1S/C21H12ClN3OS/c22-14-8-7-13(12-23)18(10-14)25-21(26)16-11-19(20-6-3-9-27-20)24-17-5-2-1-4-15(16)17/h1-11H,(H,25,26). The Labute approximate surface area is 164 Å². The maximum absolute atomic E-state index is 13.0. The van der Waals surface area contributed by atoms with Crippen molar-refractivity contribution in [2.45, 2.75) is 0 Å². The molecule has 0 aliphatic carbocycles. The molecule has 0 saturated heterocycles. The molecule has 1 amide bonds. The topological polar surface area (TPSA) is 65.8 Å². The van der Waals surface area contributed by atoms with Crippen LogP contribution in [-0.2, 0) is 0 Å². The van der Waals surface area contributed by atoms with Crippen LogP contribution in [0.4, 0.5) is 5.69 Å². The molecule has 0 saturated carbocycles. The summed E-state index contributed by atoms with van der Waals surface area (Å²) in [7, 11) is 0. The van der Waals surface area contributed by atoms with Crippen molar-refractivity contribution in [3.63, 3.8) is 0 Å². The third-order valence-corrected chi connectivity index (χ3v) is 5.21. The number of hydrogen-bond acceptors (Lipinski definition) is 4. The number of thiophene rings is 1. The first-order valence-corrected chi connectivity index (χ1v) is 9.36. The lowest BCUT2D eigenvalue weighted by Crippen LogP contribution is -2.14. The van der Waals surface area contributed by atoms with Crippen LogP contribution in [0.15, 0.2) is 66.0 Å². The Morgan fingerprint density at radius 1 is 1.11 bits per heavy atom. The zero-order chi connectivity index (χ0) is 18.8. The molecular formula is C21H12ClN3OS. The predicted molar refractivity (Wildman–Crippen MR) is 109 cm³/mol. The number of anilines is 1. The van der Waals surface area contributed by atoms with Gasteiger partial charge in [0.2, 0.25) is 0 Å². The van der Waals surface area contributed by atoms with Crippen LogP contribution in [0.2, 0.25) is 5.02 Å². The second-order valence-electron chi connectivity index (χ2n) is 5.81. The van der Waals surface area contributed by atoms with Crippen molar-refractivity contribution in [2.75, 3.05) is 5.32 Å². The molecule has 0 bridgehead atoms. The van der Waals surface area contributed by atoms with E-state index in [1.807, 2.05) is 41.8 Å². The van der Waals surface area contributed by atoms with Crippen LogP contribution in [0, 0.1) is 11.3 Å². The van der Waals surface area contributed by atoms with E-state index in [1.165, 1.54) is 0 Å². The van der Waals surface area contributed by atoms with E-state index in [4.69, 9.17) is 11.6 Å². The molecule has 0 unspecified atom stereocenters. The highest BCUT2D eigenvalue weighted by molar-refractivity contribution is 7.13. The summed E-state index contributed by atoms with van der Waals surface area (Å²) in [5.41, 5.74) is 2.70. The van der Waals surface area contributed by atoms with Crippen molar-refractivity contribution in [3.8, 4) is 16.6 Å². The van der Waals surface area contributed by atoms with Crippen molar-refractivity contribution < 1.29 is 4.79 Å². The lowest BCUT2D eigenvalue weighted by Gasteiger charge is -2.11. The third kappa shape index (κ3) is 3.41. The molecule has 0 radical (unpaired) electrons. The Hall–Kier alpha value is -3.20. The summed E-state index contributed by atoms with van der Waals surface area (Å²) < 4.78 is 0. The fourth-order valence-electron chi connectivity index (χ4n) is 2.82. The van der Waals surface area contributed by atoms with Crippen molar-refractivity contribution in [2.24, 2.45) is 0 Å². The Balaban J connectivity index is 1.82. The van der Waals surface area contributed by atoms with E-state index in [0.29, 0.717) is 21.8 Å². The molecule has 2 aromatic heterocycles. The molecule has 4 aromatic rings. The fraction of sp³-hybridized carbons (Fsp3) is 0. The van der Waals surface area contributed by atoms with Gasteiger partial charge in [-0.2, -0.15) is 5.26 Å². The molecule has 0 atom stereocenters. The Morgan fingerprint density at radius 3 is 2.74 bits per heavy atom. The van der Waals surface area contributed by atoms with Gasteiger partial charge in [-0.15, -0.1) is 11.3 Å². The predicted octanol–water partition coefficient (Wildman–Crippen LogP) is 5.74. The number of aromatic nitrogens is 1. The minimum atomic E-state index is -0.315. The number of halogens is 1. The lowest BCUT2D eigenvalue weighted by molar-refractivity contribution is 0.102. The number of pyridine rings is 1. The molecule has 4 nitrogen and oxygen atoms in total. The Kier molecular flexibility index (Phi) is 4.59. The number of nitrogens with zero attached hydrogens (tertiary/aromatic N) is 2. The van der Waals surface area contributed by atoms with Crippen molar-refractivity contribution in [1.82, 2.24) is 4.98 Å². The SMILES string of the molecule is N#Cc1ccc(Cl)cc1NC(=O)c1cc(-c2cccs2)nc2ccccc12. The van der Waals surface area contributed by atoms with Crippen LogP contribution in [0.5, 0.6) is 0 Å². The Bertz CT molecular complexity index is 1200. The molecule has 2 aromatic carbocycles. The first kappa shape index (κ1) is 17.2. The molecule has 130 valence electrons. The lowest BCUT2D eigenvalue weighted by atomic mass is 10.1. The summed E-state index contributed by atoms with van der Waals surface area (Å²) in [5, 5.41) is 15.3. The normalized spacial score (nSPS) is 10.5. The summed E-state index contributed by atoms with van der Waals surface area (Å²) in [4.78, 5) is 18.7. The highest BCUT2D eigenvalue weighted by Crippen LogP contribution is 2.29. The number of nitrogens with one attached hydrogen (secondary N) is 1. The van der Waals surface area contributed by atoms with Crippen molar-refractivity contribution in [1.29, 1.82) is 5.26 Å². The van der Waals surface area contributed by atoms with E-state index in [0.717, 1.165) is 21.5 Å². The summed E-state index contributed by atoms with van der Waals surface area (Å²) in [6.07, 6.45) is 0. The summed E-state index contributed by atoms with van der Waals surface area (Å²) in [6, 6.07) is 20.0. The van der Waals surface area contributed by atoms with Crippen LogP contribution in [0.3, 0.4) is 0 Å². The smallest absolute Gasteiger partial charge is 0.256 e. The number of amides is 1. The minimum absolute atomic E-state index is 0.315. The monoisotopic (exact) mass is 389 g/mol. The van der Waals surface area contributed by atoms with Crippen LogP contribution < -0.4 is 5.32 Å². The van der Waals surface area contributed by atoms with Crippen LogP contribution in [-0.4, -0.2) is 10.9 Å². The summed E-state index contributed by atoms with van der Waals surface area (Å²) in [5.74, 6) is -0.315. The first-order valence-electron chi connectivity index (χ1n) is 8.10. The molecule has 4 rings (SSSR count). The highest BCUT2D eigenvalue weighted by atomic mass is 35.5. The van der Waals surface area contributed by atoms with Crippen molar-refractivity contribution in [3.05, 3.63) is 82.2 Å². The van der Waals surface area contributed by atoms with Crippen LogP contribution in [0.25, 0.3) is 21.5 Å². The maximum Gasteiger partial charge on any atom is 0.256 e. The molecule has 0 fully saturated rings. The molecule has 0 aliphatic heterocycles. The van der Waals surface area contributed by atoms with E-state index in [9.17, 15) is 10.1 Å². The zero-order valence-corrected chi connectivity index (χ0v) is 15.5. The average molecular weight is 390 g/mol. The van der Waals surface area contributed by atoms with Gasteiger partial charge in [-0.3, -0.25) is 4.79 Å². The largest absolute Gasteiger partial charge is 0.321 e. The van der Waals surface area contributed by atoms with Gasteiger partial charge in [-0.25, -0.2) is 4.98 Å². The highest BCUT2D eigenvalue weighted by Gasteiger charge is 2.16. The second-order valence-corrected chi connectivity index (χ2v) is 7.19. The van der Waals surface area contributed by atoms with Crippen molar-refractivity contribution >= 4 is 45.4 Å². The molecule has 2 heterocycles. The molecule has 0 spiro atoms. The van der Waals surface area contributed by atoms with E-state index in [1.54, 1.807) is 35.6 Å². The number of fused-ring (bicyclic) bond motifs is 1. The number of benzene rings is 2. The van der Waals surface area contributed by atoms with Crippen LogP contribution in [0.1, 0.15) is 15.9 Å². The van der Waals surface area contributed by atoms with Gasteiger partial charge in [0.05, 0.1) is 32.9 Å². The maximum atomic E-state index is 13.0. The Morgan fingerprint density at radius 2 is 1.96 bits per heavy atom. The number of carbonyl (C=O) groups excluding carboxylic acids is 1. The minimum Gasteiger partial charge on any atom is -0.321 e. The van der Waals surface area contributed by atoms with Gasteiger partial charge in [0, 0.05) is 10.4 Å². The number of nitriles is 1. The molecule has 27 heavy (non-hydrogen) atoms. The molecular weight excluding hydrogens is 378 g/mol. The number of para-hydroxylation sites is 1. The van der Waals surface area contributed by atoms with Gasteiger partial charge >= 0.3 is 0 Å². The van der Waals surface area contributed by atoms with Crippen LogP contribution >= 0.6 is 22.9 Å². The number of hydrogen-bond donors (Lipinski definition) is 1. The van der Waals surface area contributed by atoms with Gasteiger partial charge in [-0.05, 0) is 41.8 Å². The van der Waals surface area contributed by atoms with Gasteiger partial charge in [0.1, 0.15) is 6.07 Å². The van der Waals surface area contributed by atoms with E-state index < -0.39 is 0 Å². The zero-order valence-electron chi connectivity index (χ0n) is 13.9. The molecule has 1 N–H and O–H groups in total. The summed E-state index contributed by atoms with van der Waals surface area (Å²) in [6.45, 7) is 0. The number of rotatable bonds is 3. The van der Waals surface area contributed by atoms with E-state index in [-0.39, 0.29) is 5.91 Å². The quantitative estimate of drug-likeness (QED) is 0.485. The van der Waals surface area contributed by atoms with E-state index in [2.05, 4.69) is 16.4 Å². The number of carbonyl (C=O) groups is 1. The second kappa shape index (κ2) is 7.20. The van der Waals surface area contributed by atoms with Gasteiger partial charge in [-0.1, -0.05) is 35.9 Å². The molecule has 6 heteroatoms.